The summed E-state index contributed by atoms with van der Waals surface area (Å²) in [5, 5.41) is 10.7. The van der Waals surface area contributed by atoms with Crippen LogP contribution in [0.5, 0.6) is 0 Å². The van der Waals surface area contributed by atoms with Crippen molar-refractivity contribution in [1.82, 2.24) is 9.97 Å². The predicted octanol–water partition coefficient (Wildman–Crippen LogP) is 3.26. The van der Waals surface area contributed by atoms with Gasteiger partial charge < -0.3 is 14.8 Å². The first-order valence-electron chi connectivity index (χ1n) is 8.01. The summed E-state index contributed by atoms with van der Waals surface area (Å²) in [5.41, 5.74) is 3.22. The van der Waals surface area contributed by atoms with Crippen molar-refractivity contribution in [3.63, 3.8) is 0 Å². The Bertz CT molecular complexity index is 894. The minimum absolute atomic E-state index is 0.282. The molecule has 0 bridgehead atoms. The predicted molar refractivity (Wildman–Crippen MR) is 90.7 cm³/mol. The van der Waals surface area contributed by atoms with Gasteiger partial charge in [-0.2, -0.15) is 0 Å². The Morgan fingerprint density at radius 2 is 2.25 bits per heavy atom. The first-order chi connectivity index (χ1) is 11.7. The fourth-order valence-corrected chi connectivity index (χ4v) is 3.44. The van der Waals surface area contributed by atoms with E-state index in [9.17, 15) is 9.90 Å². The number of hydrogen-bond donors (Lipinski definition) is 2. The number of hydrogen-bond acceptors (Lipinski definition) is 3. The van der Waals surface area contributed by atoms with E-state index < -0.39 is 11.4 Å². The van der Waals surface area contributed by atoms with Crippen LogP contribution in [0.15, 0.2) is 48.8 Å². The number of carboxylic acid groups (broad SMARTS) is 1. The van der Waals surface area contributed by atoms with E-state index in [1.807, 2.05) is 36.5 Å². The summed E-state index contributed by atoms with van der Waals surface area (Å²) in [7, 11) is 0. The van der Waals surface area contributed by atoms with Crippen LogP contribution < -0.4 is 0 Å². The maximum atomic E-state index is 11.7. The van der Waals surface area contributed by atoms with Gasteiger partial charge in [0, 0.05) is 24.4 Å². The van der Waals surface area contributed by atoms with Crippen molar-refractivity contribution in [2.45, 2.75) is 12.8 Å². The summed E-state index contributed by atoms with van der Waals surface area (Å²) in [4.78, 5) is 19.2. The Morgan fingerprint density at radius 1 is 1.33 bits per heavy atom. The third-order valence-electron chi connectivity index (χ3n) is 4.80. The Labute approximate surface area is 139 Å². The number of H-pyrrole nitrogens is 1. The molecule has 0 aliphatic carbocycles. The van der Waals surface area contributed by atoms with Gasteiger partial charge in [0.1, 0.15) is 5.65 Å². The van der Waals surface area contributed by atoms with Crippen molar-refractivity contribution in [1.29, 1.82) is 0 Å². The standard InChI is InChI=1S/C19H18N2O3/c22-18(23)19(6-9-24-12-19)11-13-2-1-3-14(10-13)15-4-7-20-17-16(15)5-8-21-17/h1-5,7-8,10H,6,9,11-12H2,(H,20,21)(H,22,23). The number of nitrogens with zero attached hydrogens (tertiary/aromatic N) is 1. The van der Waals surface area contributed by atoms with Crippen molar-refractivity contribution < 1.29 is 14.6 Å². The molecule has 4 rings (SSSR count). The van der Waals surface area contributed by atoms with E-state index >= 15 is 0 Å². The lowest BCUT2D eigenvalue weighted by Gasteiger charge is -2.22. The lowest BCUT2D eigenvalue weighted by molar-refractivity contribution is -0.148. The van der Waals surface area contributed by atoms with Crippen molar-refractivity contribution in [3.05, 3.63) is 54.4 Å². The number of carbonyl (C=O) groups is 1. The third kappa shape index (κ3) is 2.47. The molecule has 5 heteroatoms. The number of benzene rings is 1. The molecule has 0 radical (unpaired) electrons. The molecule has 24 heavy (non-hydrogen) atoms. The summed E-state index contributed by atoms with van der Waals surface area (Å²) >= 11 is 0. The van der Waals surface area contributed by atoms with Gasteiger partial charge in [-0.15, -0.1) is 0 Å². The molecule has 1 aliphatic heterocycles. The molecule has 0 amide bonds. The molecule has 0 saturated carbocycles. The van der Waals surface area contributed by atoms with E-state index in [1.54, 1.807) is 6.20 Å². The molecule has 1 fully saturated rings. The molecule has 2 aromatic heterocycles. The average molecular weight is 322 g/mol. The lowest BCUT2D eigenvalue weighted by Crippen LogP contribution is -2.33. The normalized spacial score (nSPS) is 20.5. The fourth-order valence-electron chi connectivity index (χ4n) is 3.44. The zero-order valence-electron chi connectivity index (χ0n) is 13.2. The summed E-state index contributed by atoms with van der Waals surface area (Å²) in [6.07, 6.45) is 4.70. The number of nitrogens with one attached hydrogen (secondary N) is 1. The van der Waals surface area contributed by atoms with Crippen LogP contribution in [-0.4, -0.2) is 34.3 Å². The Hall–Kier alpha value is -2.66. The number of pyridine rings is 1. The van der Waals surface area contributed by atoms with Gasteiger partial charge in [0.15, 0.2) is 0 Å². The minimum Gasteiger partial charge on any atom is -0.481 e. The van der Waals surface area contributed by atoms with Crippen LogP contribution in [0.4, 0.5) is 0 Å². The molecule has 1 atom stereocenters. The topological polar surface area (TPSA) is 75.2 Å². The monoisotopic (exact) mass is 322 g/mol. The number of rotatable bonds is 4. The molecule has 3 aromatic rings. The second kappa shape index (κ2) is 5.76. The van der Waals surface area contributed by atoms with Gasteiger partial charge in [-0.3, -0.25) is 4.79 Å². The molecule has 5 nitrogen and oxygen atoms in total. The molecule has 0 spiro atoms. The quantitative estimate of drug-likeness (QED) is 0.773. The number of aromatic nitrogens is 2. The van der Waals surface area contributed by atoms with Crippen LogP contribution in [0.3, 0.4) is 0 Å². The van der Waals surface area contributed by atoms with Crippen LogP contribution in [0, 0.1) is 5.41 Å². The van der Waals surface area contributed by atoms with Gasteiger partial charge >= 0.3 is 5.97 Å². The molecule has 122 valence electrons. The van der Waals surface area contributed by atoms with Crippen LogP contribution in [0.2, 0.25) is 0 Å². The number of aromatic amines is 1. The first-order valence-corrected chi connectivity index (χ1v) is 8.01. The summed E-state index contributed by atoms with van der Waals surface area (Å²) in [6, 6.07) is 12.1. The van der Waals surface area contributed by atoms with Crippen LogP contribution in [-0.2, 0) is 16.0 Å². The maximum absolute atomic E-state index is 11.7. The zero-order chi connectivity index (χ0) is 16.6. The van der Waals surface area contributed by atoms with E-state index in [4.69, 9.17) is 4.74 Å². The number of carboxylic acids is 1. The largest absolute Gasteiger partial charge is 0.481 e. The minimum atomic E-state index is -0.805. The summed E-state index contributed by atoms with van der Waals surface area (Å²) < 4.78 is 5.36. The molecule has 3 heterocycles. The highest BCUT2D eigenvalue weighted by atomic mass is 16.5. The van der Waals surface area contributed by atoms with E-state index in [0.717, 1.165) is 27.7 Å². The van der Waals surface area contributed by atoms with Crippen LogP contribution in [0.25, 0.3) is 22.2 Å². The molecule has 1 aromatic carbocycles. The Balaban J connectivity index is 1.72. The van der Waals surface area contributed by atoms with Gasteiger partial charge in [0.25, 0.3) is 0 Å². The molecule has 1 unspecified atom stereocenters. The van der Waals surface area contributed by atoms with Crippen molar-refractivity contribution in [2.75, 3.05) is 13.2 Å². The van der Waals surface area contributed by atoms with Gasteiger partial charge in [-0.25, -0.2) is 4.98 Å². The smallest absolute Gasteiger partial charge is 0.312 e. The lowest BCUT2D eigenvalue weighted by atomic mass is 9.80. The average Bonchev–Trinajstić information content (AvgIpc) is 3.24. The van der Waals surface area contributed by atoms with Crippen LogP contribution >= 0.6 is 0 Å². The van der Waals surface area contributed by atoms with Gasteiger partial charge in [0.2, 0.25) is 0 Å². The van der Waals surface area contributed by atoms with E-state index in [-0.39, 0.29) is 6.61 Å². The number of ether oxygens (including phenoxy) is 1. The van der Waals surface area contributed by atoms with Crippen LogP contribution in [0.1, 0.15) is 12.0 Å². The first kappa shape index (κ1) is 14.9. The van der Waals surface area contributed by atoms with E-state index in [2.05, 4.69) is 16.0 Å². The fraction of sp³-hybridized carbons (Fsp3) is 0.263. The molecular formula is C19H18N2O3. The van der Waals surface area contributed by atoms with Crippen molar-refractivity contribution in [3.8, 4) is 11.1 Å². The van der Waals surface area contributed by atoms with Crippen molar-refractivity contribution >= 4 is 17.0 Å². The van der Waals surface area contributed by atoms with E-state index in [0.29, 0.717) is 19.4 Å². The highest BCUT2D eigenvalue weighted by Gasteiger charge is 2.42. The third-order valence-corrected chi connectivity index (χ3v) is 4.80. The van der Waals surface area contributed by atoms with Gasteiger partial charge in [-0.1, -0.05) is 24.3 Å². The highest BCUT2D eigenvalue weighted by molar-refractivity contribution is 5.92. The Morgan fingerprint density at radius 3 is 3.04 bits per heavy atom. The molecule has 1 saturated heterocycles. The van der Waals surface area contributed by atoms with Gasteiger partial charge in [-0.05, 0) is 41.7 Å². The molecular weight excluding hydrogens is 304 g/mol. The van der Waals surface area contributed by atoms with E-state index in [1.165, 1.54) is 0 Å². The maximum Gasteiger partial charge on any atom is 0.312 e. The Kier molecular flexibility index (Phi) is 3.58. The summed E-state index contributed by atoms with van der Waals surface area (Å²) in [6.45, 7) is 0.796. The molecule has 2 N–H and O–H groups in total. The second-order valence-corrected chi connectivity index (χ2v) is 6.36. The van der Waals surface area contributed by atoms with Gasteiger partial charge in [0.05, 0.1) is 12.0 Å². The molecule has 1 aliphatic rings. The van der Waals surface area contributed by atoms with Crippen molar-refractivity contribution in [2.24, 2.45) is 5.41 Å². The second-order valence-electron chi connectivity index (χ2n) is 6.36. The summed E-state index contributed by atoms with van der Waals surface area (Å²) in [5.74, 6) is -0.776. The SMILES string of the molecule is O=C(O)C1(Cc2cccc(-c3ccnc4[nH]ccc34)c2)CCOC1. The number of aliphatic carboxylic acids is 1. The zero-order valence-corrected chi connectivity index (χ0v) is 13.2. The highest BCUT2D eigenvalue weighted by Crippen LogP contribution is 2.34. The number of fused-ring (bicyclic) bond motifs is 1.